The molecule has 0 aromatic rings. The predicted molar refractivity (Wildman–Crippen MR) is 127 cm³/mol. The number of carbonyl (C=O) groups is 6. The summed E-state index contributed by atoms with van der Waals surface area (Å²) < 4.78 is 0. The number of nitrogens with one attached hydrogen (secondary N) is 7. The lowest BCUT2D eigenvalue weighted by Crippen LogP contribution is -2.63. The molecule has 0 spiro atoms. The third-order valence-corrected chi connectivity index (χ3v) is 5.29. The zero-order valence-electron chi connectivity index (χ0n) is 19.9. The van der Waals surface area contributed by atoms with Crippen LogP contribution in [0.15, 0.2) is 16.9 Å². The topological polar surface area (TPSA) is 297 Å². The second-order valence-electron chi connectivity index (χ2n) is 8.14. The van der Waals surface area contributed by atoms with Gasteiger partial charge in [0, 0.05) is 19.3 Å². The number of rotatable bonds is 3. The SMILES string of the molecule is CC1NC(=O)[C@H](CO)NC(=O)[C@H](N)CNC(=O)C([C@@H]2CCN=C(N)N2)NC(=O)/C(=C/NC(N)=O)NC1=O. The summed E-state index contributed by atoms with van der Waals surface area (Å²) in [5.74, 6) is -4.45. The number of nitrogens with zero attached hydrogens (tertiary/aromatic N) is 1. The first-order valence-electron chi connectivity index (χ1n) is 11.1. The lowest BCUT2D eigenvalue weighted by atomic mass is 10.0. The summed E-state index contributed by atoms with van der Waals surface area (Å²) in [6.45, 7) is 0.291. The van der Waals surface area contributed by atoms with Crippen molar-refractivity contribution in [3.8, 4) is 0 Å². The van der Waals surface area contributed by atoms with Gasteiger partial charge in [0.15, 0.2) is 5.96 Å². The number of hydrogen-bond acceptors (Lipinski definition) is 11. The van der Waals surface area contributed by atoms with E-state index in [0.29, 0.717) is 0 Å². The fraction of sp³-hybridized carbons (Fsp3) is 0.526. The molecule has 0 radical (unpaired) electrons. The highest BCUT2D eigenvalue weighted by atomic mass is 16.3. The van der Waals surface area contributed by atoms with Gasteiger partial charge in [0.25, 0.3) is 5.91 Å². The lowest BCUT2D eigenvalue weighted by molar-refractivity contribution is -0.133. The first kappa shape index (κ1) is 28.8. The minimum atomic E-state index is -1.46. The van der Waals surface area contributed by atoms with Gasteiger partial charge in [-0.3, -0.25) is 29.0 Å². The first-order chi connectivity index (χ1) is 17.4. The van der Waals surface area contributed by atoms with E-state index in [1.54, 1.807) is 0 Å². The van der Waals surface area contributed by atoms with E-state index in [-0.39, 0.29) is 18.9 Å². The molecular formula is C19H31N11O7. The average Bonchev–Trinajstić information content (AvgIpc) is 2.85. The normalized spacial score (nSPS) is 29.5. The van der Waals surface area contributed by atoms with Crippen molar-refractivity contribution in [1.82, 2.24) is 37.2 Å². The van der Waals surface area contributed by atoms with Gasteiger partial charge < -0.3 is 59.5 Å². The molecule has 18 heteroatoms. The van der Waals surface area contributed by atoms with Crippen molar-refractivity contribution < 1.29 is 33.9 Å². The average molecular weight is 526 g/mol. The Bertz CT molecular complexity index is 999. The van der Waals surface area contributed by atoms with Crippen molar-refractivity contribution >= 4 is 41.5 Å². The van der Waals surface area contributed by atoms with Crippen LogP contribution in [0.25, 0.3) is 0 Å². The largest absolute Gasteiger partial charge is 0.394 e. The molecule has 1 saturated heterocycles. The molecule has 2 unspecified atom stereocenters. The van der Waals surface area contributed by atoms with Crippen LogP contribution in [0.4, 0.5) is 4.79 Å². The van der Waals surface area contributed by atoms with Crippen LogP contribution in [-0.2, 0) is 24.0 Å². The predicted octanol–water partition coefficient (Wildman–Crippen LogP) is -6.79. The molecule has 2 aliphatic rings. The van der Waals surface area contributed by atoms with Crippen molar-refractivity contribution in [2.24, 2.45) is 22.2 Å². The standard InChI is InChI=1S/C19H31N11O7/c1-7-13(32)27-10(5-25-19(22)37)15(34)30-12(9-2-3-23-18(21)29-9)17(36)24-4-8(20)14(33)28-11(6-31)16(35)26-7/h5,7-9,11-12,31H,2-4,6,20H2,1H3,(H,24,36)(H,26,35)(H,27,32)(H,28,33)(H,30,34)(H3,21,23,29)(H3,22,25,37)/b10-5-/t7?,8-,9+,11+,12?/m1/s1. The van der Waals surface area contributed by atoms with E-state index >= 15 is 0 Å². The fourth-order valence-electron chi connectivity index (χ4n) is 3.26. The third-order valence-electron chi connectivity index (χ3n) is 5.29. The van der Waals surface area contributed by atoms with Crippen molar-refractivity contribution in [1.29, 1.82) is 0 Å². The molecule has 2 rings (SSSR count). The van der Waals surface area contributed by atoms with Gasteiger partial charge in [-0.2, -0.15) is 0 Å². The van der Waals surface area contributed by atoms with Crippen LogP contribution in [0.3, 0.4) is 0 Å². The van der Waals surface area contributed by atoms with Crippen molar-refractivity contribution in [2.75, 3.05) is 19.7 Å². The van der Waals surface area contributed by atoms with Gasteiger partial charge in [-0.05, 0) is 13.3 Å². The highest BCUT2D eigenvalue weighted by Crippen LogP contribution is 2.06. The van der Waals surface area contributed by atoms with E-state index in [1.165, 1.54) is 6.92 Å². The second kappa shape index (κ2) is 13.0. The summed E-state index contributed by atoms with van der Waals surface area (Å²) in [7, 11) is 0. The Hall–Kier alpha value is -4.45. The molecular weight excluding hydrogens is 494 g/mol. The number of aliphatic hydroxyl groups is 1. The van der Waals surface area contributed by atoms with E-state index < -0.39 is 84.6 Å². The zero-order valence-corrected chi connectivity index (χ0v) is 19.9. The highest BCUT2D eigenvalue weighted by molar-refractivity contribution is 6.02. The van der Waals surface area contributed by atoms with Crippen LogP contribution in [0.1, 0.15) is 13.3 Å². The highest BCUT2D eigenvalue weighted by Gasteiger charge is 2.34. The first-order valence-corrected chi connectivity index (χ1v) is 11.1. The Balaban J connectivity index is 2.42. The minimum Gasteiger partial charge on any atom is -0.394 e. The van der Waals surface area contributed by atoms with Crippen LogP contribution in [-0.4, -0.2) is 96.5 Å². The Labute approximate surface area is 210 Å². The van der Waals surface area contributed by atoms with Gasteiger partial charge in [-0.1, -0.05) is 0 Å². The Morgan fingerprint density at radius 1 is 1.08 bits per heavy atom. The maximum absolute atomic E-state index is 13.1. The maximum atomic E-state index is 13.1. The number of nitrogens with two attached hydrogens (primary N) is 3. The number of aliphatic hydroxyl groups excluding tert-OH is 1. The number of hydrogen-bond donors (Lipinski definition) is 11. The van der Waals surface area contributed by atoms with Gasteiger partial charge in [0.2, 0.25) is 23.6 Å². The van der Waals surface area contributed by atoms with Crippen LogP contribution in [0, 0.1) is 0 Å². The molecule has 5 atom stereocenters. The molecule has 0 aliphatic carbocycles. The molecule has 0 aromatic carbocycles. The van der Waals surface area contributed by atoms with E-state index in [4.69, 9.17) is 17.2 Å². The number of carbonyl (C=O) groups excluding carboxylic acids is 6. The summed E-state index contributed by atoms with van der Waals surface area (Å²) >= 11 is 0. The Morgan fingerprint density at radius 3 is 2.41 bits per heavy atom. The van der Waals surface area contributed by atoms with Crippen molar-refractivity contribution in [2.45, 2.75) is 43.6 Å². The van der Waals surface area contributed by atoms with Gasteiger partial charge in [-0.25, -0.2) is 4.79 Å². The quantitative estimate of drug-likeness (QED) is 0.155. The molecule has 14 N–H and O–H groups in total. The molecule has 1 fully saturated rings. The maximum Gasteiger partial charge on any atom is 0.316 e. The van der Waals surface area contributed by atoms with Gasteiger partial charge >= 0.3 is 6.03 Å². The summed E-state index contributed by atoms with van der Waals surface area (Å²) in [6.07, 6.45) is 1.08. The van der Waals surface area contributed by atoms with E-state index in [0.717, 1.165) is 6.20 Å². The van der Waals surface area contributed by atoms with Gasteiger partial charge in [-0.15, -0.1) is 0 Å². The number of amides is 7. The van der Waals surface area contributed by atoms with E-state index in [1.807, 2.05) is 5.32 Å². The van der Waals surface area contributed by atoms with Crippen molar-refractivity contribution in [3.05, 3.63) is 11.9 Å². The van der Waals surface area contributed by atoms with E-state index in [2.05, 4.69) is 36.9 Å². The van der Waals surface area contributed by atoms with Crippen molar-refractivity contribution in [3.63, 3.8) is 0 Å². The number of primary amides is 1. The summed E-state index contributed by atoms with van der Waals surface area (Å²) in [4.78, 5) is 78.8. The molecule has 18 nitrogen and oxygen atoms in total. The lowest BCUT2D eigenvalue weighted by Gasteiger charge is -2.31. The molecule has 204 valence electrons. The molecule has 0 bridgehead atoms. The smallest absolute Gasteiger partial charge is 0.316 e. The second-order valence-corrected chi connectivity index (χ2v) is 8.14. The number of urea groups is 1. The molecule has 37 heavy (non-hydrogen) atoms. The zero-order chi connectivity index (χ0) is 27.7. The van der Waals surface area contributed by atoms with Gasteiger partial charge in [0.1, 0.15) is 29.9 Å². The van der Waals surface area contributed by atoms with Crippen LogP contribution < -0.4 is 54.4 Å². The monoisotopic (exact) mass is 525 g/mol. The van der Waals surface area contributed by atoms with E-state index in [9.17, 15) is 33.9 Å². The number of guanidine groups is 1. The van der Waals surface area contributed by atoms with Crippen LogP contribution in [0.2, 0.25) is 0 Å². The minimum absolute atomic E-state index is 0.0283. The summed E-state index contributed by atoms with van der Waals surface area (Å²) in [5.41, 5.74) is 16.1. The molecule has 2 heterocycles. The Kier molecular flexibility index (Phi) is 10.1. The van der Waals surface area contributed by atoms with Crippen LogP contribution in [0.5, 0.6) is 0 Å². The number of aliphatic imine (C=N–C) groups is 1. The summed E-state index contributed by atoms with van der Waals surface area (Å²) in [5, 5.41) is 25.9. The summed E-state index contributed by atoms with van der Waals surface area (Å²) in [6, 6.07) is -7.18. The molecule has 2 aliphatic heterocycles. The molecule has 7 amide bonds. The van der Waals surface area contributed by atoms with Gasteiger partial charge in [0.05, 0.1) is 12.6 Å². The molecule has 0 saturated carbocycles. The Morgan fingerprint density at radius 2 is 1.78 bits per heavy atom. The fourth-order valence-corrected chi connectivity index (χ4v) is 3.26. The third kappa shape index (κ3) is 8.32. The molecule has 0 aromatic heterocycles. The van der Waals surface area contributed by atoms with Crippen LogP contribution >= 0.6 is 0 Å².